The Bertz CT molecular complexity index is 335. The highest BCUT2D eigenvalue weighted by atomic mass is 16.1. The first-order valence-electron chi connectivity index (χ1n) is 6.10. The van der Waals surface area contributed by atoms with Gasteiger partial charge in [0.15, 0.2) is 0 Å². The van der Waals surface area contributed by atoms with Gasteiger partial charge in [-0.1, -0.05) is 18.6 Å². The summed E-state index contributed by atoms with van der Waals surface area (Å²) in [5.74, 6) is 0.106. The average molecular weight is 232 g/mol. The van der Waals surface area contributed by atoms with Crippen molar-refractivity contribution in [1.82, 2.24) is 10.3 Å². The number of unbranched alkanes of at least 4 members (excludes halogenated alkanes) is 3. The zero-order chi connectivity index (χ0) is 12.3. The van der Waals surface area contributed by atoms with E-state index in [0.29, 0.717) is 13.0 Å². The van der Waals surface area contributed by atoms with E-state index in [-0.39, 0.29) is 5.91 Å². The summed E-state index contributed by atoms with van der Waals surface area (Å²) in [6, 6.07) is 5.69. The molecule has 0 aliphatic heterocycles. The van der Waals surface area contributed by atoms with Gasteiger partial charge in [-0.3, -0.25) is 9.78 Å². The average Bonchev–Trinajstić information content (AvgIpc) is 2.37. The summed E-state index contributed by atoms with van der Waals surface area (Å²) < 4.78 is 0. The molecule has 17 heavy (non-hydrogen) atoms. The summed E-state index contributed by atoms with van der Waals surface area (Å²) in [7, 11) is 0. The Morgan fingerprint density at radius 1 is 1.35 bits per heavy atom. The molecule has 1 amide bonds. The van der Waals surface area contributed by atoms with Gasteiger partial charge in [-0.25, -0.2) is 0 Å². The van der Waals surface area contributed by atoms with Crippen LogP contribution in [0, 0.1) is 0 Å². The maximum atomic E-state index is 11.5. The van der Waals surface area contributed by atoms with Gasteiger partial charge < -0.3 is 5.32 Å². The largest absolute Gasteiger partial charge is 0.350 e. The molecular weight excluding hydrogens is 212 g/mol. The Kier molecular flexibility index (Phi) is 6.72. The number of pyridine rings is 1. The lowest BCUT2D eigenvalue weighted by molar-refractivity contribution is -0.121. The Hall–Kier alpha value is -1.64. The predicted octanol–water partition coefficient (Wildman–Crippen LogP) is 2.83. The van der Waals surface area contributed by atoms with Crippen LogP contribution in [0.1, 0.15) is 37.8 Å². The van der Waals surface area contributed by atoms with Crippen molar-refractivity contribution in [3.8, 4) is 0 Å². The number of rotatable bonds is 8. The maximum Gasteiger partial charge on any atom is 0.220 e. The van der Waals surface area contributed by atoms with Crippen LogP contribution in [-0.4, -0.2) is 10.9 Å². The van der Waals surface area contributed by atoms with Crippen molar-refractivity contribution in [1.29, 1.82) is 0 Å². The zero-order valence-corrected chi connectivity index (χ0v) is 10.2. The van der Waals surface area contributed by atoms with Crippen LogP contribution in [-0.2, 0) is 11.3 Å². The number of carbonyl (C=O) groups excluding carboxylic acids is 1. The fraction of sp³-hybridized carbons (Fsp3) is 0.429. The van der Waals surface area contributed by atoms with Crippen molar-refractivity contribution in [2.45, 2.75) is 38.6 Å². The predicted molar refractivity (Wildman–Crippen MR) is 69.4 cm³/mol. The quantitative estimate of drug-likeness (QED) is 0.553. The molecule has 1 aromatic rings. The van der Waals surface area contributed by atoms with Crippen LogP contribution in [0.3, 0.4) is 0 Å². The van der Waals surface area contributed by atoms with E-state index in [1.54, 1.807) is 6.20 Å². The van der Waals surface area contributed by atoms with Crippen LogP contribution >= 0.6 is 0 Å². The van der Waals surface area contributed by atoms with Crippen molar-refractivity contribution in [3.63, 3.8) is 0 Å². The summed E-state index contributed by atoms with van der Waals surface area (Å²) in [4.78, 5) is 15.6. The zero-order valence-electron chi connectivity index (χ0n) is 10.2. The first kappa shape index (κ1) is 13.4. The van der Waals surface area contributed by atoms with Gasteiger partial charge in [0.2, 0.25) is 5.91 Å². The number of hydrogen-bond acceptors (Lipinski definition) is 2. The third-order valence-electron chi connectivity index (χ3n) is 2.50. The number of aromatic nitrogens is 1. The SMILES string of the molecule is C=CCCCCCC(=O)NCc1ccccn1. The van der Waals surface area contributed by atoms with Gasteiger partial charge in [-0.15, -0.1) is 6.58 Å². The maximum absolute atomic E-state index is 11.5. The molecule has 0 spiro atoms. The molecule has 0 fully saturated rings. The summed E-state index contributed by atoms with van der Waals surface area (Å²) in [6.07, 6.45) is 8.44. The Morgan fingerprint density at radius 2 is 2.24 bits per heavy atom. The van der Waals surface area contributed by atoms with Crippen LogP contribution in [0.4, 0.5) is 0 Å². The second-order valence-corrected chi connectivity index (χ2v) is 3.99. The molecule has 92 valence electrons. The highest BCUT2D eigenvalue weighted by Crippen LogP contribution is 2.03. The lowest BCUT2D eigenvalue weighted by Crippen LogP contribution is -2.22. The molecule has 3 nitrogen and oxygen atoms in total. The molecule has 1 N–H and O–H groups in total. The van der Waals surface area contributed by atoms with Crippen molar-refractivity contribution < 1.29 is 4.79 Å². The molecule has 0 aromatic carbocycles. The number of hydrogen-bond donors (Lipinski definition) is 1. The molecule has 0 aliphatic carbocycles. The van der Waals surface area contributed by atoms with Gasteiger partial charge in [0.25, 0.3) is 0 Å². The van der Waals surface area contributed by atoms with E-state index in [1.165, 1.54) is 0 Å². The van der Waals surface area contributed by atoms with Gasteiger partial charge in [0.05, 0.1) is 12.2 Å². The Labute approximate surface area is 103 Å². The number of nitrogens with one attached hydrogen (secondary N) is 1. The second kappa shape index (κ2) is 8.50. The normalized spacial score (nSPS) is 9.88. The van der Waals surface area contributed by atoms with Crippen molar-refractivity contribution in [2.24, 2.45) is 0 Å². The van der Waals surface area contributed by atoms with Crippen molar-refractivity contribution in [3.05, 3.63) is 42.7 Å². The van der Waals surface area contributed by atoms with E-state index in [0.717, 1.165) is 31.4 Å². The Balaban J connectivity index is 2.07. The minimum absolute atomic E-state index is 0.106. The van der Waals surface area contributed by atoms with Crippen LogP contribution in [0.15, 0.2) is 37.1 Å². The molecule has 1 heterocycles. The highest BCUT2D eigenvalue weighted by Gasteiger charge is 2.01. The topological polar surface area (TPSA) is 42.0 Å². The van der Waals surface area contributed by atoms with Gasteiger partial charge in [-0.2, -0.15) is 0 Å². The molecule has 0 aliphatic rings. The lowest BCUT2D eigenvalue weighted by atomic mass is 10.1. The molecule has 0 saturated heterocycles. The molecule has 1 aromatic heterocycles. The number of nitrogens with zero attached hydrogens (tertiary/aromatic N) is 1. The molecule has 3 heteroatoms. The number of allylic oxidation sites excluding steroid dienone is 1. The number of amides is 1. The third kappa shape index (κ3) is 6.51. The van der Waals surface area contributed by atoms with Crippen LogP contribution in [0.5, 0.6) is 0 Å². The summed E-state index contributed by atoms with van der Waals surface area (Å²) in [5.41, 5.74) is 0.896. The van der Waals surface area contributed by atoms with E-state index in [9.17, 15) is 4.79 Å². The van der Waals surface area contributed by atoms with Crippen LogP contribution in [0.25, 0.3) is 0 Å². The summed E-state index contributed by atoms with van der Waals surface area (Å²) in [6.45, 7) is 4.19. The fourth-order valence-corrected chi connectivity index (χ4v) is 1.53. The van der Waals surface area contributed by atoms with Gasteiger partial charge in [0, 0.05) is 12.6 Å². The van der Waals surface area contributed by atoms with Crippen molar-refractivity contribution in [2.75, 3.05) is 0 Å². The Morgan fingerprint density at radius 3 is 2.94 bits per heavy atom. The van der Waals surface area contributed by atoms with Crippen molar-refractivity contribution >= 4 is 5.91 Å². The standard InChI is InChI=1S/C14H20N2O/c1-2-3-4-5-6-10-14(17)16-12-13-9-7-8-11-15-13/h2,7-9,11H,1,3-6,10,12H2,(H,16,17). The van der Waals surface area contributed by atoms with Crippen LogP contribution in [0.2, 0.25) is 0 Å². The van der Waals surface area contributed by atoms with Crippen LogP contribution < -0.4 is 5.32 Å². The highest BCUT2D eigenvalue weighted by molar-refractivity contribution is 5.75. The summed E-state index contributed by atoms with van der Waals surface area (Å²) in [5, 5.41) is 2.87. The molecule has 0 saturated carbocycles. The summed E-state index contributed by atoms with van der Waals surface area (Å²) >= 11 is 0. The lowest BCUT2D eigenvalue weighted by Gasteiger charge is -2.04. The first-order chi connectivity index (χ1) is 8.33. The molecule has 0 radical (unpaired) electrons. The van der Waals surface area contributed by atoms with Gasteiger partial charge in [0.1, 0.15) is 0 Å². The van der Waals surface area contributed by atoms with Gasteiger partial charge in [-0.05, 0) is 31.4 Å². The van der Waals surface area contributed by atoms with E-state index >= 15 is 0 Å². The third-order valence-corrected chi connectivity index (χ3v) is 2.50. The van der Waals surface area contributed by atoms with E-state index in [4.69, 9.17) is 0 Å². The van der Waals surface area contributed by atoms with E-state index < -0.39 is 0 Å². The monoisotopic (exact) mass is 232 g/mol. The second-order valence-electron chi connectivity index (χ2n) is 3.99. The van der Waals surface area contributed by atoms with E-state index in [2.05, 4.69) is 16.9 Å². The fourth-order valence-electron chi connectivity index (χ4n) is 1.53. The molecule has 1 rings (SSSR count). The van der Waals surface area contributed by atoms with Gasteiger partial charge >= 0.3 is 0 Å². The molecular formula is C14H20N2O. The first-order valence-corrected chi connectivity index (χ1v) is 6.10. The minimum Gasteiger partial charge on any atom is -0.350 e. The molecule has 0 bridgehead atoms. The number of carbonyl (C=O) groups is 1. The molecule has 0 atom stereocenters. The minimum atomic E-state index is 0.106. The smallest absolute Gasteiger partial charge is 0.220 e. The molecule has 0 unspecified atom stereocenters. The van der Waals surface area contributed by atoms with E-state index in [1.807, 2.05) is 24.3 Å².